The second-order valence-electron chi connectivity index (χ2n) is 5.55. The Morgan fingerprint density at radius 3 is 2.45 bits per heavy atom. The smallest absolute Gasteiger partial charge is 0.243 e. The molecule has 0 fully saturated rings. The minimum Gasteiger partial charge on any atom is -0.493 e. The maximum atomic E-state index is 5.40. The molecule has 1 aliphatic heterocycles. The molecule has 0 unspecified atom stereocenters. The van der Waals surface area contributed by atoms with E-state index >= 15 is 0 Å². The van der Waals surface area contributed by atoms with Gasteiger partial charge < -0.3 is 14.0 Å². The SMILES string of the molecule is COc1cc2c(cc1OC)CN([C@@H](C)c1nc(C)no1)CC2. The molecule has 118 valence electrons. The molecule has 0 bridgehead atoms. The van der Waals surface area contributed by atoms with Crippen molar-refractivity contribution in [2.75, 3.05) is 20.8 Å². The van der Waals surface area contributed by atoms with Gasteiger partial charge in [-0.15, -0.1) is 0 Å². The molecule has 0 saturated heterocycles. The Morgan fingerprint density at radius 1 is 1.18 bits per heavy atom. The fourth-order valence-corrected chi connectivity index (χ4v) is 2.87. The van der Waals surface area contributed by atoms with E-state index in [1.165, 1.54) is 11.1 Å². The summed E-state index contributed by atoms with van der Waals surface area (Å²) in [7, 11) is 3.33. The van der Waals surface area contributed by atoms with E-state index in [4.69, 9.17) is 14.0 Å². The summed E-state index contributed by atoms with van der Waals surface area (Å²) in [5, 5.41) is 3.88. The second kappa shape index (κ2) is 5.96. The Hall–Kier alpha value is -2.08. The van der Waals surface area contributed by atoms with Crippen molar-refractivity contribution in [2.45, 2.75) is 32.9 Å². The van der Waals surface area contributed by atoms with Gasteiger partial charge in [0.25, 0.3) is 0 Å². The molecule has 6 nitrogen and oxygen atoms in total. The zero-order chi connectivity index (χ0) is 15.7. The summed E-state index contributed by atoms with van der Waals surface area (Å²) < 4.78 is 16.1. The lowest BCUT2D eigenvalue weighted by atomic mass is 9.97. The second-order valence-corrected chi connectivity index (χ2v) is 5.55. The van der Waals surface area contributed by atoms with Gasteiger partial charge in [-0.1, -0.05) is 5.16 Å². The third-order valence-corrected chi connectivity index (χ3v) is 4.20. The van der Waals surface area contributed by atoms with Crippen molar-refractivity contribution in [1.29, 1.82) is 0 Å². The number of aromatic nitrogens is 2. The van der Waals surface area contributed by atoms with Crippen molar-refractivity contribution in [3.8, 4) is 11.5 Å². The number of fused-ring (bicyclic) bond motifs is 1. The Kier molecular flexibility index (Phi) is 4.02. The molecule has 0 radical (unpaired) electrons. The number of methoxy groups -OCH3 is 2. The van der Waals surface area contributed by atoms with Crippen molar-refractivity contribution in [2.24, 2.45) is 0 Å². The summed E-state index contributed by atoms with van der Waals surface area (Å²) in [5.74, 6) is 2.90. The molecule has 2 heterocycles. The highest BCUT2D eigenvalue weighted by Gasteiger charge is 2.26. The third kappa shape index (κ3) is 2.66. The molecule has 1 aromatic heterocycles. The summed E-state index contributed by atoms with van der Waals surface area (Å²) in [6, 6.07) is 4.24. The van der Waals surface area contributed by atoms with E-state index in [2.05, 4.69) is 34.1 Å². The zero-order valence-electron chi connectivity index (χ0n) is 13.4. The normalized spacial score (nSPS) is 16.2. The fraction of sp³-hybridized carbons (Fsp3) is 0.500. The van der Waals surface area contributed by atoms with Gasteiger partial charge in [0.15, 0.2) is 17.3 Å². The minimum atomic E-state index is 0.0995. The molecule has 1 aliphatic rings. The van der Waals surface area contributed by atoms with Crippen molar-refractivity contribution in [3.05, 3.63) is 35.0 Å². The summed E-state index contributed by atoms with van der Waals surface area (Å²) in [5.41, 5.74) is 2.56. The van der Waals surface area contributed by atoms with Gasteiger partial charge in [0.05, 0.1) is 20.3 Å². The van der Waals surface area contributed by atoms with Crippen LogP contribution in [0.2, 0.25) is 0 Å². The van der Waals surface area contributed by atoms with Crippen LogP contribution in [0.5, 0.6) is 11.5 Å². The predicted molar refractivity (Wildman–Crippen MR) is 81.1 cm³/mol. The number of hydrogen-bond donors (Lipinski definition) is 0. The Bertz CT molecular complexity index is 669. The topological polar surface area (TPSA) is 60.6 Å². The maximum Gasteiger partial charge on any atom is 0.243 e. The van der Waals surface area contributed by atoms with Gasteiger partial charge in [0.2, 0.25) is 5.89 Å². The fourth-order valence-electron chi connectivity index (χ4n) is 2.87. The molecule has 2 aromatic rings. The molecular weight excluding hydrogens is 282 g/mol. The number of nitrogens with zero attached hydrogens (tertiary/aromatic N) is 3. The van der Waals surface area contributed by atoms with E-state index in [1.807, 2.05) is 6.92 Å². The van der Waals surface area contributed by atoms with Crippen molar-refractivity contribution in [3.63, 3.8) is 0 Å². The van der Waals surface area contributed by atoms with Crippen molar-refractivity contribution < 1.29 is 14.0 Å². The lowest BCUT2D eigenvalue weighted by Crippen LogP contribution is -2.33. The predicted octanol–water partition coefficient (Wildman–Crippen LogP) is 2.51. The van der Waals surface area contributed by atoms with E-state index in [1.54, 1.807) is 14.2 Å². The van der Waals surface area contributed by atoms with Crippen LogP contribution in [0.15, 0.2) is 16.7 Å². The molecule has 3 rings (SSSR count). The quantitative estimate of drug-likeness (QED) is 0.865. The van der Waals surface area contributed by atoms with Crippen LogP contribution in [0.1, 0.15) is 35.8 Å². The molecule has 0 aliphatic carbocycles. The number of hydrogen-bond acceptors (Lipinski definition) is 6. The molecule has 1 atom stereocenters. The maximum absolute atomic E-state index is 5.40. The van der Waals surface area contributed by atoms with Crippen LogP contribution in [0.3, 0.4) is 0 Å². The van der Waals surface area contributed by atoms with Gasteiger partial charge in [-0.2, -0.15) is 4.98 Å². The summed E-state index contributed by atoms with van der Waals surface area (Å²) in [6.45, 7) is 5.71. The first-order valence-corrected chi connectivity index (χ1v) is 7.40. The van der Waals surface area contributed by atoms with Gasteiger partial charge in [-0.05, 0) is 43.5 Å². The first kappa shape index (κ1) is 14.8. The molecule has 6 heteroatoms. The lowest BCUT2D eigenvalue weighted by molar-refractivity contribution is 0.157. The van der Waals surface area contributed by atoms with Crippen LogP contribution >= 0.6 is 0 Å². The Morgan fingerprint density at radius 2 is 1.86 bits per heavy atom. The molecular formula is C16H21N3O3. The molecule has 22 heavy (non-hydrogen) atoms. The molecule has 0 amide bonds. The van der Waals surface area contributed by atoms with Crippen LogP contribution in [0.25, 0.3) is 0 Å². The largest absolute Gasteiger partial charge is 0.493 e. The molecule has 0 spiro atoms. The average molecular weight is 303 g/mol. The van der Waals surface area contributed by atoms with Crippen molar-refractivity contribution in [1.82, 2.24) is 15.0 Å². The van der Waals surface area contributed by atoms with Crippen LogP contribution in [-0.2, 0) is 13.0 Å². The Labute approximate surface area is 130 Å². The zero-order valence-corrected chi connectivity index (χ0v) is 13.4. The van der Waals surface area contributed by atoms with E-state index in [-0.39, 0.29) is 6.04 Å². The number of aryl methyl sites for hydroxylation is 1. The standard InChI is InChI=1S/C16H21N3O3/c1-10(16-17-11(2)18-22-16)19-6-5-12-7-14(20-3)15(21-4)8-13(12)9-19/h7-8,10H,5-6,9H2,1-4H3/t10-/m0/s1. The van der Waals surface area contributed by atoms with Crippen LogP contribution in [0.4, 0.5) is 0 Å². The van der Waals surface area contributed by atoms with Gasteiger partial charge in [-0.25, -0.2) is 0 Å². The van der Waals surface area contributed by atoms with E-state index in [0.29, 0.717) is 11.7 Å². The highest BCUT2D eigenvalue weighted by molar-refractivity contribution is 5.48. The van der Waals surface area contributed by atoms with E-state index < -0.39 is 0 Å². The highest BCUT2D eigenvalue weighted by atomic mass is 16.5. The Balaban J connectivity index is 1.84. The number of ether oxygens (including phenoxy) is 2. The van der Waals surface area contributed by atoms with Crippen LogP contribution < -0.4 is 9.47 Å². The summed E-state index contributed by atoms with van der Waals surface area (Å²) in [4.78, 5) is 6.67. The summed E-state index contributed by atoms with van der Waals surface area (Å²) >= 11 is 0. The van der Waals surface area contributed by atoms with E-state index in [0.717, 1.165) is 31.0 Å². The third-order valence-electron chi connectivity index (χ3n) is 4.20. The summed E-state index contributed by atoms with van der Waals surface area (Å²) in [6.07, 6.45) is 0.965. The lowest BCUT2D eigenvalue weighted by Gasteiger charge is -2.32. The van der Waals surface area contributed by atoms with Crippen LogP contribution in [-0.4, -0.2) is 35.8 Å². The van der Waals surface area contributed by atoms with Crippen molar-refractivity contribution >= 4 is 0 Å². The first-order valence-electron chi connectivity index (χ1n) is 7.40. The first-order chi connectivity index (χ1) is 10.6. The van der Waals surface area contributed by atoms with Gasteiger partial charge in [0.1, 0.15) is 0 Å². The monoisotopic (exact) mass is 303 g/mol. The number of benzene rings is 1. The van der Waals surface area contributed by atoms with E-state index in [9.17, 15) is 0 Å². The van der Waals surface area contributed by atoms with Gasteiger partial charge in [-0.3, -0.25) is 4.90 Å². The van der Waals surface area contributed by atoms with Gasteiger partial charge >= 0.3 is 0 Å². The molecule has 1 aromatic carbocycles. The molecule has 0 N–H and O–H groups in total. The molecule has 0 saturated carbocycles. The average Bonchev–Trinajstić information content (AvgIpc) is 2.98. The number of rotatable bonds is 4. The highest BCUT2D eigenvalue weighted by Crippen LogP contribution is 2.35. The minimum absolute atomic E-state index is 0.0995. The van der Waals surface area contributed by atoms with Gasteiger partial charge in [0, 0.05) is 13.1 Å². The van der Waals surface area contributed by atoms with Crippen LogP contribution in [0, 0.1) is 6.92 Å².